The fraction of sp³-hybridized carbons (Fsp3) is 0.182. The summed E-state index contributed by atoms with van der Waals surface area (Å²) in [5.74, 6) is 1.81. The minimum atomic E-state index is -0.223. The number of nitrogens with one attached hydrogen (secondary N) is 1. The smallest absolute Gasteiger partial charge is 0.248 e. The molecule has 0 bridgehead atoms. The molecule has 2 aromatic carbocycles. The van der Waals surface area contributed by atoms with Crippen LogP contribution in [0.4, 0.5) is 5.69 Å². The zero-order valence-electron chi connectivity index (χ0n) is 15.8. The van der Waals surface area contributed by atoms with Crippen molar-refractivity contribution in [2.75, 3.05) is 18.5 Å². The predicted molar refractivity (Wildman–Crippen MR) is 108 cm³/mol. The maximum absolute atomic E-state index is 12.2. The average Bonchev–Trinajstić information content (AvgIpc) is 3.24. The Morgan fingerprint density at radius 2 is 1.82 bits per heavy atom. The maximum Gasteiger partial charge on any atom is 0.248 e. The number of nitrogens with zero attached hydrogens (tertiary/aromatic N) is 1. The lowest BCUT2D eigenvalue weighted by Gasteiger charge is -2.11. The summed E-state index contributed by atoms with van der Waals surface area (Å²) in [6.45, 7) is 4.94. The van der Waals surface area contributed by atoms with Crippen molar-refractivity contribution >= 4 is 17.7 Å². The Morgan fingerprint density at radius 1 is 1.07 bits per heavy atom. The molecule has 0 aliphatic rings. The minimum absolute atomic E-state index is 0.223. The number of rotatable bonds is 8. The molecule has 144 valence electrons. The van der Waals surface area contributed by atoms with Crippen LogP contribution in [0, 0.1) is 0 Å². The van der Waals surface area contributed by atoms with Crippen LogP contribution in [0.3, 0.4) is 0 Å². The van der Waals surface area contributed by atoms with Gasteiger partial charge in [-0.05, 0) is 61.9 Å². The Balaban J connectivity index is 1.64. The van der Waals surface area contributed by atoms with Gasteiger partial charge < -0.3 is 19.2 Å². The van der Waals surface area contributed by atoms with Gasteiger partial charge in [0.2, 0.25) is 5.91 Å². The number of carbonyl (C=O) groups excluding carboxylic acids is 1. The number of benzene rings is 2. The van der Waals surface area contributed by atoms with Crippen LogP contribution in [0.2, 0.25) is 0 Å². The fourth-order valence-corrected chi connectivity index (χ4v) is 2.60. The molecule has 0 aliphatic heterocycles. The summed E-state index contributed by atoms with van der Waals surface area (Å²) < 4.78 is 16.4. The first-order chi connectivity index (χ1) is 13.7. The number of hydrogen-bond donors (Lipinski definition) is 1. The maximum atomic E-state index is 12.2. The molecule has 0 radical (unpaired) electrons. The fourth-order valence-electron chi connectivity index (χ4n) is 2.60. The lowest BCUT2D eigenvalue weighted by atomic mass is 10.1. The zero-order valence-corrected chi connectivity index (χ0v) is 15.8. The summed E-state index contributed by atoms with van der Waals surface area (Å²) in [6, 6.07) is 12.9. The van der Waals surface area contributed by atoms with E-state index >= 15 is 0 Å². The molecule has 1 aromatic heterocycles. The third-order valence-electron chi connectivity index (χ3n) is 3.86. The number of ether oxygens (including phenoxy) is 2. The number of oxazole rings is 1. The van der Waals surface area contributed by atoms with Crippen LogP contribution >= 0.6 is 0 Å². The summed E-state index contributed by atoms with van der Waals surface area (Å²) in [4.78, 5) is 16.1. The Bertz CT molecular complexity index is 932. The zero-order chi connectivity index (χ0) is 19.8. The second-order valence-electron chi connectivity index (χ2n) is 5.84. The molecule has 0 aliphatic carbocycles. The van der Waals surface area contributed by atoms with Gasteiger partial charge in [-0.1, -0.05) is 6.07 Å². The van der Waals surface area contributed by atoms with Crippen molar-refractivity contribution in [3.63, 3.8) is 0 Å². The van der Waals surface area contributed by atoms with Gasteiger partial charge in [-0.15, -0.1) is 0 Å². The lowest BCUT2D eigenvalue weighted by Crippen LogP contribution is -2.07. The molecular weight excluding hydrogens is 356 g/mol. The number of aromatic nitrogens is 1. The van der Waals surface area contributed by atoms with Crippen molar-refractivity contribution < 1.29 is 18.7 Å². The van der Waals surface area contributed by atoms with Crippen molar-refractivity contribution in [2.45, 2.75) is 13.8 Å². The highest BCUT2D eigenvalue weighted by Crippen LogP contribution is 2.29. The number of amides is 1. The van der Waals surface area contributed by atoms with E-state index in [9.17, 15) is 4.79 Å². The first-order valence-corrected chi connectivity index (χ1v) is 9.07. The highest BCUT2D eigenvalue weighted by atomic mass is 16.5. The standard InChI is InChI=1S/C22H22N2O4/c1-3-26-19-11-5-16(13-20(19)27-4-2)6-12-22(25)24-18-9-7-17(8-10-18)21-14-23-15-28-21/h5-15H,3-4H2,1-2H3,(H,24,25)/b12-6+. The normalized spacial score (nSPS) is 10.8. The van der Waals surface area contributed by atoms with Gasteiger partial charge in [-0.2, -0.15) is 0 Å². The van der Waals surface area contributed by atoms with Crippen LogP contribution in [-0.4, -0.2) is 24.1 Å². The molecule has 0 atom stereocenters. The molecule has 0 saturated heterocycles. The molecule has 6 nitrogen and oxygen atoms in total. The van der Waals surface area contributed by atoms with Gasteiger partial charge in [0.05, 0.1) is 19.4 Å². The van der Waals surface area contributed by atoms with Gasteiger partial charge in [0.15, 0.2) is 23.7 Å². The summed E-state index contributed by atoms with van der Waals surface area (Å²) in [7, 11) is 0. The molecule has 6 heteroatoms. The Kier molecular flexibility index (Phi) is 6.46. The molecule has 28 heavy (non-hydrogen) atoms. The molecule has 3 aromatic rings. The first kappa shape index (κ1) is 19.2. The second-order valence-corrected chi connectivity index (χ2v) is 5.84. The molecule has 1 N–H and O–H groups in total. The van der Waals surface area contributed by atoms with Crippen molar-refractivity contribution in [3.8, 4) is 22.8 Å². The van der Waals surface area contributed by atoms with E-state index in [1.54, 1.807) is 12.3 Å². The lowest BCUT2D eigenvalue weighted by molar-refractivity contribution is -0.111. The molecule has 0 saturated carbocycles. The van der Waals surface area contributed by atoms with Crippen molar-refractivity contribution in [1.82, 2.24) is 4.98 Å². The molecule has 1 heterocycles. The summed E-state index contributed by atoms with van der Waals surface area (Å²) in [5.41, 5.74) is 2.44. The van der Waals surface area contributed by atoms with E-state index in [-0.39, 0.29) is 5.91 Å². The van der Waals surface area contributed by atoms with Crippen LogP contribution in [0.25, 0.3) is 17.4 Å². The van der Waals surface area contributed by atoms with E-state index in [1.165, 1.54) is 12.5 Å². The van der Waals surface area contributed by atoms with Crippen molar-refractivity contribution in [1.29, 1.82) is 0 Å². The predicted octanol–water partition coefficient (Wildman–Crippen LogP) is 4.79. The van der Waals surface area contributed by atoms with E-state index in [2.05, 4.69) is 10.3 Å². The average molecular weight is 378 g/mol. The molecule has 3 rings (SSSR count). The molecule has 0 spiro atoms. The topological polar surface area (TPSA) is 73.6 Å². The van der Waals surface area contributed by atoms with Gasteiger partial charge >= 0.3 is 0 Å². The van der Waals surface area contributed by atoms with Crippen LogP contribution in [0.5, 0.6) is 11.5 Å². The molecule has 0 unspecified atom stereocenters. The SMILES string of the molecule is CCOc1ccc(/C=C/C(=O)Nc2ccc(-c3cnco3)cc2)cc1OCC. The van der Waals surface area contributed by atoms with Crippen molar-refractivity contribution in [2.24, 2.45) is 0 Å². The van der Waals surface area contributed by atoms with Crippen LogP contribution in [-0.2, 0) is 4.79 Å². The van der Waals surface area contributed by atoms with Gasteiger partial charge in [-0.3, -0.25) is 4.79 Å². The summed E-state index contributed by atoms with van der Waals surface area (Å²) >= 11 is 0. The van der Waals surface area contributed by atoms with Crippen molar-refractivity contribution in [3.05, 3.63) is 66.7 Å². The number of carbonyl (C=O) groups is 1. The molecular formula is C22H22N2O4. The summed E-state index contributed by atoms with van der Waals surface area (Å²) in [6.07, 6.45) is 6.24. The second kappa shape index (κ2) is 9.41. The third-order valence-corrected chi connectivity index (χ3v) is 3.86. The van der Waals surface area contributed by atoms with E-state index in [4.69, 9.17) is 13.9 Å². The van der Waals surface area contributed by atoms with E-state index in [0.717, 1.165) is 11.1 Å². The highest BCUT2D eigenvalue weighted by molar-refractivity contribution is 6.02. The Labute approximate surface area is 163 Å². The monoisotopic (exact) mass is 378 g/mol. The van der Waals surface area contributed by atoms with Gasteiger partial charge in [0.25, 0.3) is 0 Å². The third kappa shape index (κ3) is 5.01. The Morgan fingerprint density at radius 3 is 2.50 bits per heavy atom. The molecule has 1 amide bonds. The van der Waals surface area contributed by atoms with Gasteiger partial charge in [0, 0.05) is 17.3 Å². The van der Waals surface area contributed by atoms with Crippen LogP contribution in [0.1, 0.15) is 19.4 Å². The van der Waals surface area contributed by atoms with Crippen LogP contribution < -0.4 is 14.8 Å². The summed E-state index contributed by atoms with van der Waals surface area (Å²) in [5, 5.41) is 2.83. The van der Waals surface area contributed by atoms with E-state index in [0.29, 0.717) is 36.2 Å². The number of hydrogen-bond acceptors (Lipinski definition) is 5. The number of anilines is 1. The first-order valence-electron chi connectivity index (χ1n) is 9.07. The van der Waals surface area contributed by atoms with E-state index < -0.39 is 0 Å². The van der Waals surface area contributed by atoms with Crippen LogP contribution in [0.15, 0.2) is 65.5 Å². The largest absolute Gasteiger partial charge is 0.490 e. The van der Waals surface area contributed by atoms with E-state index in [1.807, 2.05) is 56.3 Å². The molecule has 0 fully saturated rings. The van der Waals surface area contributed by atoms with Gasteiger partial charge in [-0.25, -0.2) is 4.98 Å². The highest BCUT2D eigenvalue weighted by Gasteiger charge is 2.06. The minimum Gasteiger partial charge on any atom is -0.490 e. The van der Waals surface area contributed by atoms with Gasteiger partial charge in [0.1, 0.15) is 0 Å². The Hall–Kier alpha value is -3.54. The quantitative estimate of drug-likeness (QED) is 0.571.